The summed E-state index contributed by atoms with van der Waals surface area (Å²) in [5, 5.41) is 0. The minimum absolute atomic E-state index is 0.0654. The van der Waals surface area contributed by atoms with Crippen LogP contribution in [0.1, 0.15) is 22.3 Å². The fraction of sp³-hybridized carbons (Fsp3) is 0.125. The summed E-state index contributed by atoms with van der Waals surface area (Å²) < 4.78 is 0. The minimum Gasteiger partial charge on any atom is -0.304 e. The van der Waals surface area contributed by atoms with Crippen LogP contribution in [0, 0.1) is 13.8 Å². The van der Waals surface area contributed by atoms with Crippen LogP contribution in [0.3, 0.4) is 0 Å². The molecular weight excluding hydrogens is 318 g/mol. The molecule has 0 aromatic heterocycles. The van der Waals surface area contributed by atoms with Crippen molar-refractivity contribution in [3.05, 3.63) is 101 Å². The second-order valence-corrected chi connectivity index (χ2v) is 6.81. The molecule has 1 heterocycles. The zero-order chi connectivity index (χ0) is 18.1. The molecule has 3 aromatic rings. The van der Waals surface area contributed by atoms with Gasteiger partial charge in [-0.25, -0.2) is 0 Å². The third kappa shape index (κ3) is 2.95. The number of rotatable bonds is 3. The summed E-state index contributed by atoms with van der Waals surface area (Å²) in [6.45, 7) is 4.73. The molecule has 128 valence electrons. The molecule has 0 spiro atoms. The Morgan fingerprint density at radius 3 is 1.88 bits per heavy atom. The number of nitrogens with zero attached hydrogens (tertiary/aromatic N) is 1. The Morgan fingerprint density at radius 1 is 0.692 bits per heavy atom. The van der Waals surface area contributed by atoms with Crippen molar-refractivity contribution >= 4 is 22.7 Å². The van der Waals surface area contributed by atoms with Crippen molar-refractivity contribution in [3.8, 4) is 0 Å². The zero-order valence-corrected chi connectivity index (χ0v) is 15.1. The van der Waals surface area contributed by atoms with Gasteiger partial charge in [-0.2, -0.15) is 0 Å². The number of anilines is 1. The van der Waals surface area contributed by atoms with Gasteiger partial charge in [-0.3, -0.25) is 4.79 Å². The number of aryl methyl sites for hydroxylation is 2. The smallest absolute Gasteiger partial charge is 0.259 e. The Bertz CT molecular complexity index is 967. The standard InChI is InChI=1S/C24H21NO/c1-17-8-12-19(13-9-17)22-16-25(21-14-10-18(2)11-15-21)24(26)23(22)20-6-4-3-5-7-20/h3-15H,16H2,1-2H3. The van der Waals surface area contributed by atoms with E-state index in [4.69, 9.17) is 0 Å². The maximum atomic E-state index is 13.3. The lowest BCUT2D eigenvalue weighted by atomic mass is 9.96. The molecule has 0 bridgehead atoms. The lowest BCUT2D eigenvalue weighted by molar-refractivity contribution is -0.112. The van der Waals surface area contributed by atoms with Gasteiger partial charge in [0, 0.05) is 5.69 Å². The lowest BCUT2D eigenvalue weighted by Crippen LogP contribution is -2.26. The van der Waals surface area contributed by atoms with Crippen LogP contribution in [-0.2, 0) is 4.79 Å². The maximum Gasteiger partial charge on any atom is 0.259 e. The Kier molecular flexibility index (Phi) is 4.18. The SMILES string of the molecule is Cc1ccc(C2=C(c3ccccc3)C(=O)N(c3ccc(C)cc3)C2)cc1. The van der Waals surface area contributed by atoms with Crippen LogP contribution in [0.2, 0.25) is 0 Å². The molecule has 1 amide bonds. The van der Waals surface area contributed by atoms with Crippen molar-refractivity contribution < 1.29 is 4.79 Å². The van der Waals surface area contributed by atoms with Crippen LogP contribution in [0.15, 0.2) is 78.9 Å². The Balaban J connectivity index is 1.82. The molecule has 3 aromatic carbocycles. The van der Waals surface area contributed by atoms with Gasteiger partial charge in [0.05, 0.1) is 12.1 Å². The zero-order valence-electron chi connectivity index (χ0n) is 15.1. The van der Waals surface area contributed by atoms with Gasteiger partial charge < -0.3 is 4.90 Å². The van der Waals surface area contributed by atoms with Crippen molar-refractivity contribution in [2.24, 2.45) is 0 Å². The first-order valence-corrected chi connectivity index (χ1v) is 8.87. The predicted octanol–water partition coefficient (Wildman–Crippen LogP) is 5.26. The second kappa shape index (κ2) is 6.64. The molecule has 1 aliphatic heterocycles. The van der Waals surface area contributed by atoms with E-state index in [0.717, 1.165) is 28.0 Å². The molecule has 1 aliphatic rings. The fourth-order valence-electron chi connectivity index (χ4n) is 3.40. The summed E-state index contributed by atoms with van der Waals surface area (Å²) in [6, 6.07) is 26.5. The summed E-state index contributed by atoms with van der Waals surface area (Å²) in [4.78, 5) is 15.2. The molecule has 2 nitrogen and oxygen atoms in total. The van der Waals surface area contributed by atoms with Crippen LogP contribution in [0.4, 0.5) is 5.69 Å². The third-order valence-electron chi connectivity index (χ3n) is 4.89. The second-order valence-electron chi connectivity index (χ2n) is 6.81. The lowest BCUT2D eigenvalue weighted by Gasteiger charge is -2.17. The molecule has 0 aliphatic carbocycles. The normalized spacial score (nSPS) is 14.2. The molecule has 2 heteroatoms. The van der Waals surface area contributed by atoms with E-state index in [9.17, 15) is 4.79 Å². The molecule has 0 atom stereocenters. The highest BCUT2D eigenvalue weighted by molar-refractivity contribution is 6.36. The van der Waals surface area contributed by atoms with Crippen LogP contribution in [-0.4, -0.2) is 12.5 Å². The number of hydrogen-bond acceptors (Lipinski definition) is 1. The molecule has 0 saturated heterocycles. The summed E-state index contributed by atoms with van der Waals surface area (Å²) in [6.07, 6.45) is 0. The Morgan fingerprint density at radius 2 is 1.27 bits per heavy atom. The third-order valence-corrected chi connectivity index (χ3v) is 4.89. The average Bonchev–Trinajstić information content (AvgIpc) is 3.01. The molecule has 0 fully saturated rings. The highest BCUT2D eigenvalue weighted by atomic mass is 16.2. The number of hydrogen-bond donors (Lipinski definition) is 0. The van der Waals surface area contributed by atoms with E-state index in [1.54, 1.807) is 0 Å². The van der Waals surface area contributed by atoms with E-state index >= 15 is 0 Å². The fourth-order valence-corrected chi connectivity index (χ4v) is 3.40. The van der Waals surface area contributed by atoms with Gasteiger partial charge in [-0.15, -0.1) is 0 Å². The van der Waals surface area contributed by atoms with Gasteiger partial charge in [0.15, 0.2) is 0 Å². The monoisotopic (exact) mass is 339 g/mol. The summed E-state index contributed by atoms with van der Waals surface area (Å²) >= 11 is 0. The average molecular weight is 339 g/mol. The number of benzene rings is 3. The molecule has 0 N–H and O–H groups in total. The minimum atomic E-state index is 0.0654. The van der Waals surface area contributed by atoms with Crippen LogP contribution in [0.25, 0.3) is 11.1 Å². The topological polar surface area (TPSA) is 20.3 Å². The van der Waals surface area contributed by atoms with Gasteiger partial charge in [-0.1, -0.05) is 77.9 Å². The maximum absolute atomic E-state index is 13.3. The summed E-state index contributed by atoms with van der Waals surface area (Å²) in [5.41, 5.74) is 7.32. The van der Waals surface area contributed by atoms with Gasteiger partial charge >= 0.3 is 0 Å². The molecule has 26 heavy (non-hydrogen) atoms. The van der Waals surface area contributed by atoms with Crippen LogP contribution in [0.5, 0.6) is 0 Å². The van der Waals surface area contributed by atoms with Gasteiger partial charge in [0.1, 0.15) is 0 Å². The van der Waals surface area contributed by atoms with Crippen molar-refractivity contribution in [2.45, 2.75) is 13.8 Å². The first-order chi connectivity index (χ1) is 12.6. The Labute approximate surface area is 154 Å². The van der Waals surface area contributed by atoms with Crippen molar-refractivity contribution in [2.75, 3.05) is 11.4 Å². The summed E-state index contributed by atoms with van der Waals surface area (Å²) in [7, 11) is 0. The first kappa shape index (κ1) is 16.3. The number of amides is 1. The van der Waals surface area contributed by atoms with Crippen LogP contribution >= 0.6 is 0 Å². The van der Waals surface area contributed by atoms with Crippen molar-refractivity contribution in [3.63, 3.8) is 0 Å². The van der Waals surface area contributed by atoms with Gasteiger partial charge in [-0.05, 0) is 42.7 Å². The van der Waals surface area contributed by atoms with E-state index in [-0.39, 0.29) is 5.91 Å². The quantitative estimate of drug-likeness (QED) is 0.637. The molecule has 0 unspecified atom stereocenters. The van der Waals surface area contributed by atoms with E-state index in [1.807, 2.05) is 47.4 Å². The highest BCUT2D eigenvalue weighted by Crippen LogP contribution is 2.37. The van der Waals surface area contributed by atoms with E-state index in [2.05, 4.69) is 50.2 Å². The van der Waals surface area contributed by atoms with Gasteiger partial charge in [0.2, 0.25) is 0 Å². The van der Waals surface area contributed by atoms with Crippen molar-refractivity contribution in [1.82, 2.24) is 0 Å². The van der Waals surface area contributed by atoms with Crippen LogP contribution < -0.4 is 4.90 Å². The molecule has 0 saturated carbocycles. The predicted molar refractivity (Wildman–Crippen MR) is 108 cm³/mol. The molecule has 4 rings (SSSR count). The van der Waals surface area contributed by atoms with E-state index in [0.29, 0.717) is 6.54 Å². The van der Waals surface area contributed by atoms with Crippen molar-refractivity contribution in [1.29, 1.82) is 0 Å². The summed E-state index contributed by atoms with van der Waals surface area (Å²) in [5.74, 6) is 0.0654. The van der Waals surface area contributed by atoms with E-state index in [1.165, 1.54) is 11.1 Å². The largest absolute Gasteiger partial charge is 0.304 e. The molecule has 0 radical (unpaired) electrons. The van der Waals surface area contributed by atoms with Gasteiger partial charge in [0.25, 0.3) is 5.91 Å². The number of carbonyl (C=O) groups is 1. The number of carbonyl (C=O) groups excluding carboxylic acids is 1. The first-order valence-electron chi connectivity index (χ1n) is 8.87. The molecular formula is C24H21NO. The highest BCUT2D eigenvalue weighted by Gasteiger charge is 2.32. The van der Waals surface area contributed by atoms with E-state index < -0.39 is 0 Å². The Hall–Kier alpha value is -3.13.